The van der Waals surface area contributed by atoms with E-state index in [0.717, 1.165) is 4.90 Å². The fourth-order valence-corrected chi connectivity index (χ4v) is 3.69. The molecule has 2 amide bonds. The average molecular weight is 368 g/mol. The Morgan fingerprint density at radius 1 is 1.38 bits per heavy atom. The fourth-order valence-electron chi connectivity index (χ4n) is 2.80. The van der Waals surface area contributed by atoms with E-state index in [9.17, 15) is 22.4 Å². The van der Waals surface area contributed by atoms with Crippen molar-refractivity contribution < 1.29 is 62.7 Å². The molecule has 0 radical (unpaired) electrons. The van der Waals surface area contributed by atoms with E-state index < -0.39 is 47.1 Å². The Balaban J connectivity index is 0.00000156. The zero-order valence-electron chi connectivity index (χ0n) is 13.7. The number of rotatable bonds is 3. The van der Waals surface area contributed by atoms with Gasteiger partial charge in [-0.1, -0.05) is 30.3 Å². The first kappa shape index (κ1) is 19.1. The summed E-state index contributed by atoms with van der Waals surface area (Å²) in [6.07, 6.45) is -2.68. The number of hydrogen-bond donors (Lipinski definition) is 1. The van der Waals surface area contributed by atoms with E-state index in [-0.39, 0.29) is 41.9 Å². The summed E-state index contributed by atoms with van der Waals surface area (Å²) in [4.78, 5) is 24.7. The number of benzene rings is 1. The van der Waals surface area contributed by atoms with Gasteiger partial charge in [-0.2, -0.15) is 8.42 Å². The van der Waals surface area contributed by atoms with Gasteiger partial charge in [0, 0.05) is 0 Å². The van der Waals surface area contributed by atoms with Gasteiger partial charge < -0.3 is 6.16 Å². The van der Waals surface area contributed by atoms with Crippen LogP contribution in [0.5, 0.6) is 0 Å². The van der Waals surface area contributed by atoms with Crippen LogP contribution < -0.4 is 29.6 Å². The van der Waals surface area contributed by atoms with Crippen LogP contribution in [0.2, 0.25) is 0 Å². The zero-order valence-corrected chi connectivity index (χ0v) is 15.5. The third-order valence-electron chi connectivity index (χ3n) is 3.83. The number of nitrogens with zero attached hydrogens (tertiary/aromatic N) is 2. The largest absolute Gasteiger partial charge is 1.00 e. The number of β-lactam (4-membered cyclic amide) rings is 1. The average Bonchev–Trinajstić information content (AvgIpc) is 2.77. The molecule has 0 spiro atoms. The van der Waals surface area contributed by atoms with Gasteiger partial charge >= 0.3 is 46.0 Å². The molecule has 1 N–H and O–H groups in total. The van der Waals surface area contributed by atoms with Crippen molar-refractivity contribution in [1.29, 1.82) is 0 Å². The molecule has 0 aromatic heterocycles. The Hall–Kier alpha value is -1.20. The molecule has 2 fully saturated rings. The molecule has 2 heterocycles. The van der Waals surface area contributed by atoms with Crippen LogP contribution in [0.3, 0.4) is 0 Å². The Morgan fingerprint density at radius 3 is 2.58 bits per heavy atom. The van der Waals surface area contributed by atoms with Crippen LogP contribution in [-0.4, -0.2) is 59.0 Å². The van der Waals surface area contributed by atoms with Crippen LogP contribution in [-0.2, 0) is 26.4 Å². The Morgan fingerprint density at radius 2 is 2.00 bits per heavy atom. The van der Waals surface area contributed by atoms with E-state index >= 15 is 0 Å². The SMILES string of the molecule is O=C(OCc1ccccc1)N1C[C@H](F)[C@@H]2[C@H]1C(=O)N2S(=O)(=O)O.[H-].[Na+]. The summed E-state index contributed by atoms with van der Waals surface area (Å²) in [5, 5.41) is 0. The number of carbonyl (C=O) groups is 2. The molecular formula is C13H14FN2NaO6S. The Labute approximate surface area is 161 Å². The summed E-state index contributed by atoms with van der Waals surface area (Å²) in [6.45, 7) is -0.526. The maximum Gasteiger partial charge on any atom is 1.00 e. The van der Waals surface area contributed by atoms with Gasteiger partial charge in [-0.25, -0.2) is 13.5 Å². The van der Waals surface area contributed by atoms with Gasteiger partial charge in [0.1, 0.15) is 24.9 Å². The van der Waals surface area contributed by atoms with Crippen molar-refractivity contribution in [2.75, 3.05) is 6.54 Å². The molecule has 8 nitrogen and oxygen atoms in total. The van der Waals surface area contributed by atoms with E-state index in [1.165, 1.54) is 0 Å². The molecule has 2 aliphatic heterocycles. The molecule has 24 heavy (non-hydrogen) atoms. The Kier molecular flexibility index (Phi) is 5.55. The maximum absolute atomic E-state index is 13.9. The number of amides is 2. The second-order valence-corrected chi connectivity index (χ2v) is 6.54. The van der Waals surface area contributed by atoms with Crippen molar-refractivity contribution in [2.24, 2.45) is 0 Å². The van der Waals surface area contributed by atoms with Crippen molar-refractivity contribution in [3.05, 3.63) is 35.9 Å². The van der Waals surface area contributed by atoms with Gasteiger partial charge in [-0.05, 0) is 5.56 Å². The van der Waals surface area contributed by atoms with Gasteiger partial charge in [-0.15, -0.1) is 0 Å². The van der Waals surface area contributed by atoms with Gasteiger partial charge in [0.25, 0.3) is 5.91 Å². The summed E-state index contributed by atoms with van der Waals surface area (Å²) in [5.74, 6) is -1.05. The molecular weight excluding hydrogens is 354 g/mol. The molecule has 2 aliphatic rings. The number of halogens is 1. The zero-order chi connectivity index (χ0) is 16.8. The predicted molar refractivity (Wildman–Crippen MR) is 75.3 cm³/mol. The van der Waals surface area contributed by atoms with Crippen molar-refractivity contribution in [3.63, 3.8) is 0 Å². The molecule has 1 aromatic carbocycles. The Bertz CT molecular complexity index is 752. The van der Waals surface area contributed by atoms with Crippen LogP contribution >= 0.6 is 0 Å². The topological polar surface area (TPSA) is 104 Å². The third kappa shape index (κ3) is 3.29. The summed E-state index contributed by atoms with van der Waals surface area (Å²) in [6, 6.07) is 6.09. The standard InChI is InChI=1S/C13H13FN2O6S.Na.H/c14-9-6-15(11-10(9)16(12(11)17)23(19,20)21)13(18)22-7-8-4-2-1-3-5-8;;/h1-5,9-11H,6-7H2,(H,19,20,21);;/q;+1;-1/t9-,10+,11-;;/m0../s1. The summed E-state index contributed by atoms with van der Waals surface area (Å²) in [5.41, 5.74) is 0.716. The van der Waals surface area contributed by atoms with Crippen molar-refractivity contribution in [3.8, 4) is 0 Å². The monoisotopic (exact) mass is 368 g/mol. The van der Waals surface area contributed by atoms with Crippen LogP contribution in [0.1, 0.15) is 6.99 Å². The summed E-state index contributed by atoms with van der Waals surface area (Å²) >= 11 is 0. The molecule has 0 bridgehead atoms. The first-order valence-corrected chi connectivity index (χ1v) is 8.12. The van der Waals surface area contributed by atoms with E-state index in [2.05, 4.69) is 0 Å². The van der Waals surface area contributed by atoms with Crippen LogP contribution in [0.25, 0.3) is 0 Å². The van der Waals surface area contributed by atoms with E-state index in [1.54, 1.807) is 30.3 Å². The molecule has 2 saturated heterocycles. The fraction of sp³-hybridized carbons (Fsp3) is 0.385. The number of hydrogen-bond acceptors (Lipinski definition) is 5. The molecule has 11 heteroatoms. The molecule has 3 atom stereocenters. The van der Waals surface area contributed by atoms with Gasteiger partial charge in [0.05, 0.1) is 6.54 Å². The van der Waals surface area contributed by atoms with Gasteiger partial charge in [0.15, 0.2) is 0 Å². The molecule has 0 aliphatic carbocycles. The number of ether oxygens (including phenoxy) is 1. The van der Waals surface area contributed by atoms with Crippen molar-refractivity contribution >= 4 is 22.3 Å². The number of carbonyl (C=O) groups excluding carboxylic acids is 2. The third-order valence-corrected chi connectivity index (χ3v) is 4.75. The predicted octanol–water partition coefficient (Wildman–Crippen LogP) is -2.52. The minimum absolute atomic E-state index is 0. The van der Waals surface area contributed by atoms with Gasteiger partial charge in [0.2, 0.25) is 0 Å². The number of fused-ring (bicyclic) bond motifs is 1. The molecule has 3 rings (SSSR count). The molecule has 0 unspecified atom stereocenters. The van der Waals surface area contributed by atoms with Crippen molar-refractivity contribution in [2.45, 2.75) is 24.9 Å². The van der Waals surface area contributed by atoms with E-state index in [0.29, 0.717) is 5.56 Å². The number of alkyl halides is 1. The molecule has 0 saturated carbocycles. The van der Waals surface area contributed by atoms with Crippen LogP contribution in [0.4, 0.5) is 9.18 Å². The molecule has 126 valence electrons. The summed E-state index contributed by atoms with van der Waals surface area (Å²) < 4.78 is 50.1. The van der Waals surface area contributed by atoms with E-state index in [1.807, 2.05) is 0 Å². The normalized spacial score (nSPS) is 25.6. The van der Waals surface area contributed by atoms with Crippen LogP contribution in [0.15, 0.2) is 30.3 Å². The smallest absolute Gasteiger partial charge is 1.00 e. The summed E-state index contributed by atoms with van der Waals surface area (Å²) in [7, 11) is -4.84. The van der Waals surface area contributed by atoms with Gasteiger partial charge in [-0.3, -0.25) is 14.2 Å². The second-order valence-electron chi connectivity index (χ2n) is 5.26. The second kappa shape index (κ2) is 6.96. The van der Waals surface area contributed by atoms with Crippen molar-refractivity contribution in [1.82, 2.24) is 9.21 Å². The minimum atomic E-state index is -4.84. The van der Waals surface area contributed by atoms with Crippen LogP contribution in [0, 0.1) is 0 Å². The van der Waals surface area contributed by atoms with E-state index in [4.69, 9.17) is 9.29 Å². The first-order valence-electron chi connectivity index (χ1n) is 6.73. The maximum atomic E-state index is 13.9. The first-order chi connectivity index (χ1) is 10.8. The quantitative estimate of drug-likeness (QED) is 0.359. The molecule has 1 aromatic rings. The minimum Gasteiger partial charge on any atom is -1.00 e. The number of likely N-dealkylation sites (tertiary alicyclic amines) is 1.